The van der Waals surface area contributed by atoms with Gasteiger partial charge in [-0.3, -0.25) is 14.9 Å². The van der Waals surface area contributed by atoms with E-state index in [4.69, 9.17) is 0 Å². The third-order valence-corrected chi connectivity index (χ3v) is 5.79. The predicted molar refractivity (Wildman–Crippen MR) is 102 cm³/mol. The van der Waals surface area contributed by atoms with Gasteiger partial charge in [0.1, 0.15) is 6.20 Å². The van der Waals surface area contributed by atoms with Gasteiger partial charge >= 0.3 is 5.00 Å². The average molecular weight is 408 g/mol. The molecule has 3 aromatic rings. The van der Waals surface area contributed by atoms with Gasteiger partial charge in [-0.05, 0) is 30.4 Å². The molecule has 134 valence electrons. The molecule has 2 N–H and O–H groups in total. The Morgan fingerprint density at radius 1 is 1.23 bits per heavy atom. The number of carbonyl (C=O) groups is 1. The minimum Gasteiger partial charge on any atom is -0.330 e. The molecule has 2 heterocycles. The first-order valence-electron chi connectivity index (χ1n) is 7.19. The predicted octanol–water partition coefficient (Wildman–Crippen LogP) is 3.69. The standard InChI is InChI=1S/C14H12N6O3S3/c1-8-2-4-9(5-3-8)16-13-18-19-14(26-13)24-7-10(21)17-12-15-6-11(25-12)20(22)23/h2-6H,7H2,1H3,(H,16,18)(H,15,17,21). The molecule has 1 amide bonds. The molecule has 2 aromatic heterocycles. The van der Waals surface area contributed by atoms with Gasteiger partial charge in [-0.1, -0.05) is 40.8 Å². The van der Waals surface area contributed by atoms with E-state index in [1.807, 2.05) is 31.2 Å². The summed E-state index contributed by atoms with van der Waals surface area (Å²) in [6.45, 7) is 2.01. The van der Waals surface area contributed by atoms with E-state index in [2.05, 4.69) is 25.8 Å². The van der Waals surface area contributed by atoms with E-state index in [1.165, 1.54) is 28.7 Å². The molecule has 1 aromatic carbocycles. The lowest BCUT2D eigenvalue weighted by Crippen LogP contribution is -2.13. The van der Waals surface area contributed by atoms with Gasteiger partial charge in [0.05, 0.1) is 10.7 Å². The monoisotopic (exact) mass is 408 g/mol. The van der Waals surface area contributed by atoms with E-state index in [0.29, 0.717) is 9.47 Å². The van der Waals surface area contributed by atoms with Crippen molar-refractivity contribution in [3.05, 3.63) is 46.1 Å². The van der Waals surface area contributed by atoms with Gasteiger partial charge in [0.25, 0.3) is 0 Å². The van der Waals surface area contributed by atoms with Crippen LogP contribution in [0, 0.1) is 17.0 Å². The third kappa shape index (κ3) is 4.97. The zero-order valence-corrected chi connectivity index (χ0v) is 15.8. The van der Waals surface area contributed by atoms with Crippen molar-refractivity contribution in [1.82, 2.24) is 15.2 Å². The lowest BCUT2D eigenvalue weighted by Gasteiger charge is -2.01. The third-order valence-electron chi connectivity index (χ3n) is 2.96. The number of rotatable bonds is 7. The maximum absolute atomic E-state index is 11.9. The van der Waals surface area contributed by atoms with Crippen LogP contribution in [0.25, 0.3) is 0 Å². The summed E-state index contributed by atoms with van der Waals surface area (Å²) in [6.07, 6.45) is 1.11. The number of aryl methyl sites for hydroxylation is 1. The number of nitro groups is 1. The average Bonchev–Trinajstić information content (AvgIpc) is 3.25. The molecule has 12 heteroatoms. The van der Waals surface area contributed by atoms with E-state index in [-0.39, 0.29) is 21.8 Å². The molecule has 0 saturated heterocycles. The maximum atomic E-state index is 11.9. The number of nitrogens with one attached hydrogen (secondary N) is 2. The molecular weight excluding hydrogens is 396 g/mol. The summed E-state index contributed by atoms with van der Waals surface area (Å²) in [5.41, 5.74) is 2.08. The molecule has 0 aliphatic carbocycles. The highest BCUT2D eigenvalue weighted by atomic mass is 32.2. The van der Waals surface area contributed by atoms with Crippen LogP contribution >= 0.6 is 34.4 Å². The van der Waals surface area contributed by atoms with Crippen molar-refractivity contribution in [2.24, 2.45) is 0 Å². The van der Waals surface area contributed by atoms with E-state index < -0.39 is 4.92 Å². The van der Waals surface area contributed by atoms with Crippen LogP contribution in [0.1, 0.15) is 5.56 Å². The van der Waals surface area contributed by atoms with Crippen molar-refractivity contribution in [2.45, 2.75) is 11.3 Å². The second-order valence-corrected chi connectivity index (χ2v) is 8.17. The SMILES string of the molecule is Cc1ccc(Nc2nnc(SCC(=O)Nc3ncc([N+](=O)[O-])s3)s2)cc1. The highest BCUT2D eigenvalue weighted by Crippen LogP contribution is 2.28. The molecule has 0 aliphatic rings. The number of carbonyl (C=O) groups excluding carboxylic acids is 1. The first-order chi connectivity index (χ1) is 12.5. The Labute approximate surface area is 160 Å². The second kappa shape index (κ2) is 8.21. The first kappa shape index (κ1) is 18.2. The minimum absolute atomic E-state index is 0.104. The molecule has 9 nitrogen and oxygen atoms in total. The van der Waals surface area contributed by atoms with E-state index in [9.17, 15) is 14.9 Å². The molecular formula is C14H12N6O3S3. The zero-order chi connectivity index (χ0) is 18.5. The Kier molecular flexibility index (Phi) is 5.75. The van der Waals surface area contributed by atoms with Gasteiger partial charge in [-0.15, -0.1) is 10.2 Å². The van der Waals surface area contributed by atoms with Crippen LogP contribution in [0.2, 0.25) is 0 Å². The van der Waals surface area contributed by atoms with Crippen molar-refractivity contribution in [3.63, 3.8) is 0 Å². The molecule has 0 fully saturated rings. The number of benzene rings is 1. The summed E-state index contributed by atoms with van der Waals surface area (Å²) >= 11 is 3.38. The Morgan fingerprint density at radius 2 is 2.00 bits per heavy atom. The fourth-order valence-corrected chi connectivity index (χ4v) is 3.99. The first-order valence-corrected chi connectivity index (χ1v) is 9.81. The van der Waals surface area contributed by atoms with Gasteiger partial charge in [-0.2, -0.15) is 0 Å². The minimum atomic E-state index is -0.550. The lowest BCUT2D eigenvalue weighted by atomic mass is 10.2. The van der Waals surface area contributed by atoms with Crippen LogP contribution < -0.4 is 10.6 Å². The van der Waals surface area contributed by atoms with Gasteiger partial charge in [0, 0.05) is 5.69 Å². The molecule has 0 spiro atoms. The molecule has 0 unspecified atom stereocenters. The van der Waals surface area contributed by atoms with Crippen molar-refractivity contribution in [2.75, 3.05) is 16.4 Å². The topological polar surface area (TPSA) is 123 Å². The summed E-state index contributed by atoms with van der Waals surface area (Å²) in [4.78, 5) is 25.7. The van der Waals surface area contributed by atoms with Crippen LogP contribution in [-0.4, -0.2) is 31.8 Å². The van der Waals surface area contributed by atoms with Crippen LogP contribution in [0.5, 0.6) is 0 Å². The number of amides is 1. The van der Waals surface area contributed by atoms with Gasteiger partial charge in [0.15, 0.2) is 9.47 Å². The molecule has 0 atom stereocenters. The summed E-state index contributed by atoms with van der Waals surface area (Å²) in [7, 11) is 0. The summed E-state index contributed by atoms with van der Waals surface area (Å²) < 4.78 is 0.639. The maximum Gasteiger partial charge on any atom is 0.345 e. The largest absolute Gasteiger partial charge is 0.345 e. The molecule has 0 aliphatic heterocycles. The van der Waals surface area contributed by atoms with E-state index >= 15 is 0 Å². The van der Waals surface area contributed by atoms with Crippen LogP contribution in [-0.2, 0) is 4.79 Å². The van der Waals surface area contributed by atoms with Crippen molar-refractivity contribution >= 4 is 61.3 Å². The Morgan fingerprint density at radius 3 is 2.69 bits per heavy atom. The summed E-state index contributed by atoms with van der Waals surface area (Å²) in [5.74, 6) is -0.213. The highest BCUT2D eigenvalue weighted by Gasteiger charge is 2.14. The highest BCUT2D eigenvalue weighted by molar-refractivity contribution is 8.01. The normalized spacial score (nSPS) is 10.5. The van der Waals surface area contributed by atoms with Crippen molar-refractivity contribution < 1.29 is 9.72 Å². The van der Waals surface area contributed by atoms with Gasteiger partial charge < -0.3 is 10.6 Å². The Bertz CT molecular complexity index is 924. The molecule has 0 radical (unpaired) electrons. The molecule has 0 saturated carbocycles. The van der Waals surface area contributed by atoms with Gasteiger partial charge in [-0.25, -0.2) is 4.98 Å². The number of hydrogen-bond donors (Lipinski definition) is 2. The fraction of sp³-hybridized carbons (Fsp3) is 0.143. The second-order valence-electron chi connectivity index (χ2n) is 4.96. The van der Waals surface area contributed by atoms with Crippen molar-refractivity contribution in [1.29, 1.82) is 0 Å². The number of hydrogen-bond acceptors (Lipinski definition) is 10. The fourth-order valence-electron chi connectivity index (χ4n) is 1.77. The molecule has 0 bridgehead atoms. The quantitative estimate of drug-likeness (QED) is 0.345. The summed E-state index contributed by atoms with van der Waals surface area (Å²) in [5, 5.41) is 25.0. The number of thioether (sulfide) groups is 1. The van der Waals surface area contributed by atoms with Crippen molar-refractivity contribution in [3.8, 4) is 0 Å². The number of aromatic nitrogens is 3. The molecule has 26 heavy (non-hydrogen) atoms. The number of nitrogens with zero attached hydrogens (tertiary/aromatic N) is 4. The smallest absolute Gasteiger partial charge is 0.330 e. The Balaban J connectivity index is 1.50. The van der Waals surface area contributed by atoms with Gasteiger partial charge in [0.2, 0.25) is 11.0 Å². The van der Waals surface area contributed by atoms with Crippen LogP contribution in [0.4, 0.5) is 21.0 Å². The molecule has 3 rings (SSSR count). The lowest BCUT2D eigenvalue weighted by molar-refractivity contribution is -0.380. The van der Waals surface area contributed by atoms with E-state index in [0.717, 1.165) is 23.2 Å². The Hall–Kier alpha value is -2.57. The number of thiazole rings is 1. The van der Waals surface area contributed by atoms with Crippen LogP contribution in [0.3, 0.4) is 0 Å². The van der Waals surface area contributed by atoms with Crippen LogP contribution in [0.15, 0.2) is 34.8 Å². The number of anilines is 3. The summed E-state index contributed by atoms with van der Waals surface area (Å²) in [6, 6.07) is 7.88. The zero-order valence-electron chi connectivity index (χ0n) is 13.3. The van der Waals surface area contributed by atoms with E-state index in [1.54, 1.807) is 0 Å².